The van der Waals surface area contributed by atoms with Gasteiger partial charge in [-0.2, -0.15) is 0 Å². The van der Waals surface area contributed by atoms with Crippen molar-refractivity contribution in [1.82, 2.24) is 14.6 Å². The molecule has 8 nitrogen and oxygen atoms in total. The molecule has 2 aromatic heterocycles. The first kappa shape index (κ1) is 9.06. The van der Waals surface area contributed by atoms with Gasteiger partial charge in [-0.1, -0.05) is 0 Å². The van der Waals surface area contributed by atoms with Crippen LogP contribution in [0.1, 0.15) is 10.4 Å². The molecule has 2 heterocycles. The molecule has 0 aliphatic heterocycles. The van der Waals surface area contributed by atoms with E-state index in [1.54, 1.807) is 0 Å². The normalized spacial score (nSPS) is 10.4. The van der Waals surface area contributed by atoms with Crippen molar-refractivity contribution in [3.8, 4) is 0 Å². The standard InChI is InChI=1S/C7H4N4O4/c12-7(13)4-1-6-9-8-3-10(6)2-5(4)11(14)15/h1-3H,(H,12,13). The number of hydrogen-bond donors (Lipinski definition) is 1. The molecule has 0 unspecified atom stereocenters. The molecule has 0 bridgehead atoms. The number of hydrogen-bond acceptors (Lipinski definition) is 5. The van der Waals surface area contributed by atoms with E-state index in [4.69, 9.17) is 5.11 Å². The highest BCUT2D eigenvalue weighted by molar-refractivity contribution is 5.93. The second-order valence-corrected chi connectivity index (χ2v) is 2.73. The maximum atomic E-state index is 10.7. The van der Waals surface area contributed by atoms with Gasteiger partial charge in [-0.25, -0.2) is 4.79 Å². The van der Waals surface area contributed by atoms with Crippen molar-refractivity contribution in [1.29, 1.82) is 0 Å². The molecule has 76 valence electrons. The van der Waals surface area contributed by atoms with Crippen molar-refractivity contribution in [3.63, 3.8) is 0 Å². The molecular formula is C7H4N4O4. The van der Waals surface area contributed by atoms with E-state index in [1.807, 2.05) is 0 Å². The molecule has 0 aliphatic carbocycles. The summed E-state index contributed by atoms with van der Waals surface area (Å²) >= 11 is 0. The van der Waals surface area contributed by atoms with Crippen LogP contribution >= 0.6 is 0 Å². The molecule has 0 atom stereocenters. The average molecular weight is 208 g/mol. The van der Waals surface area contributed by atoms with Crippen LogP contribution in [0.25, 0.3) is 5.65 Å². The van der Waals surface area contributed by atoms with Crippen LogP contribution in [-0.4, -0.2) is 30.6 Å². The Labute approximate surface area is 81.9 Å². The van der Waals surface area contributed by atoms with Crippen molar-refractivity contribution in [2.75, 3.05) is 0 Å². The second kappa shape index (κ2) is 3.01. The number of rotatable bonds is 2. The Morgan fingerprint density at radius 2 is 2.33 bits per heavy atom. The maximum absolute atomic E-state index is 10.7. The van der Waals surface area contributed by atoms with Crippen LogP contribution in [0.5, 0.6) is 0 Å². The first-order valence-electron chi connectivity index (χ1n) is 3.80. The Morgan fingerprint density at radius 1 is 1.60 bits per heavy atom. The molecule has 0 spiro atoms. The first-order chi connectivity index (χ1) is 7.09. The number of fused-ring (bicyclic) bond motifs is 1. The topological polar surface area (TPSA) is 111 Å². The van der Waals surface area contributed by atoms with Gasteiger partial charge in [0, 0.05) is 6.07 Å². The number of aromatic carboxylic acids is 1. The van der Waals surface area contributed by atoms with E-state index in [-0.39, 0.29) is 5.65 Å². The summed E-state index contributed by atoms with van der Waals surface area (Å²) in [5, 5.41) is 26.4. The zero-order valence-electron chi connectivity index (χ0n) is 7.19. The molecule has 0 saturated carbocycles. The van der Waals surface area contributed by atoms with Crippen molar-refractivity contribution in [2.24, 2.45) is 0 Å². The number of nitro groups is 1. The number of carboxylic acids is 1. The maximum Gasteiger partial charge on any atom is 0.342 e. The number of aromatic nitrogens is 3. The first-order valence-corrected chi connectivity index (χ1v) is 3.80. The highest BCUT2D eigenvalue weighted by Gasteiger charge is 2.21. The lowest BCUT2D eigenvalue weighted by Gasteiger charge is -1.98. The lowest BCUT2D eigenvalue weighted by atomic mass is 10.2. The summed E-state index contributed by atoms with van der Waals surface area (Å²) in [5.41, 5.74) is -0.645. The number of pyridine rings is 1. The fraction of sp³-hybridized carbons (Fsp3) is 0. The van der Waals surface area contributed by atoms with Crippen LogP contribution < -0.4 is 0 Å². The van der Waals surface area contributed by atoms with Crippen LogP contribution in [-0.2, 0) is 0 Å². The summed E-state index contributed by atoms with van der Waals surface area (Å²) in [5.74, 6) is -1.37. The molecule has 0 amide bonds. The molecule has 15 heavy (non-hydrogen) atoms. The minimum Gasteiger partial charge on any atom is -0.477 e. The summed E-state index contributed by atoms with van der Waals surface area (Å²) in [4.78, 5) is 20.5. The van der Waals surface area contributed by atoms with Gasteiger partial charge in [0.25, 0.3) is 0 Å². The summed E-state index contributed by atoms with van der Waals surface area (Å²) in [6, 6.07) is 1.10. The summed E-state index contributed by atoms with van der Waals surface area (Å²) in [6.45, 7) is 0. The van der Waals surface area contributed by atoms with Crippen LogP contribution in [0, 0.1) is 10.1 Å². The molecule has 0 radical (unpaired) electrons. The van der Waals surface area contributed by atoms with Crippen molar-refractivity contribution < 1.29 is 14.8 Å². The highest BCUT2D eigenvalue weighted by Crippen LogP contribution is 2.19. The van der Waals surface area contributed by atoms with Gasteiger partial charge in [0.05, 0.1) is 11.1 Å². The van der Waals surface area contributed by atoms with Gasteiger partial charge in [0.1, 0.15) is 11.9 Å². The fourth-order valence-electron chi connectivity index (χ4n) is 1.18. The SMILES string of the molecule is O=C(O)c1cc2nncn2cc1[N+](=O)[O-]. The Morgan fingerprint density at radius 3 is 2.93 bits per heavy atom. The third-order valence-electron chi connectivity index (χ3n) is 1.84. The van der Waals surface area contributed by atoms with E-state index >= 15 is 0 Å². The van der Waals surface area contributed by atoms with E-state index < -0.39 is 22.1 Å². The van der Waals surface area contributed by atoms with E-state index in [2.05, 4.69) is 10.2 Å². The van der Waals surface area contributed by atoms with Crippen LogP contribution in [0.3, 0.4) is 0 Å². The largest absolute Gasteiger partial charge is 0.477 e. The Kier molecular flexibility index (Phi) is 1.82. The van der Waals surface area contributed by atoms with E-state index in [9.17, 15) is 14.9 Å². The van der Waals surface area contributed by atoms with Crippen LogP contribution in [0.15, 0.2) is 18.6 Å². The van der Waals surface area contributed by atoms with Gasteiger partial charge >= 0.3 is 11.7 Å². The lowest BCUT2D eigenvalue weighted by Crippen LogP contribution is -2.04. The van der Waals surface area contributed by atoms with E-state index in [0.29, 0.717) is 0 Å². The summed E-state index contributed by atoms with van der Waals surface area (Å²) in [7, 11) is 0. The van der Waals surface area contributed by atoms with Gasteiger partial charge in [-0.3, -0.25) is 14.5 Å². The summed E-state index contributed by atoms with van der Waals surface area (Å²) < 4.78 is 1.28. The van der Waals surface area contributed by atoms with Gasteiger partial charge in [-0.05, 0) is 0 Å². The van der Waals surface area contributed by atoms with Crippen molar-refractivity contribution in [2.45, 2.75) is 0 Å². The van der Waals surface area contributed by atoms with Gasteiger partial charge in [0.2, 0.25) is 0 Å². The molecule has 8 heteroatoms. The molecule has 2 rings (SSSR count). The minimum absolute atomic E-state index is 0.248. The Balaban J connectivity index is 2.79. The smallest absolute Gasteiger partial charge is 0.342 e. The molecular weight excluding hydrogens is 204 g/mol. The molecule has 0 aromatic carbocycles. The van der Waals surface area contributed by atoms with E-state index in [0.717, 1.165) is 12.3 Å². The molecule has 1 N–H and O–H groups in total. The van der Waals surface area contributed by atoms with Crippen LogP contribution in [0.4, 0.5) is 5.69 Å². The van der Waals surface area contributed by atoms with Crippen molar-refractivity contribution in [3.05, 3.63) is 34.3 Å². The molecule has 2 aromatic rings. The quantitative estimate of drug-likeness (QED) is 0.562. The van der Waals surface area contributed by atoms with Crippen LogP contribution in [0.2, 0.25) is 0 Å². The van der Waals surface area contributed by atoms with Gasteiger partial charge in [0.15, 0.2) is 5.65 Å². The zero-order valence-corrected chi connectivity index (χ0v) is 7.19. The number of carboxylic acid groups (broad SMARTS) is 1. The molecule has 0 aliphatic rings. The predicted octanol–water partition coefficient (Wildman–Crippen LogP) is 0.336. The third kappa shape index (κ3) is 1.37. The fourth-order valence-corrected chi connectivity index (χ4v) is 1.18. The predicted molar refractivity (Wildman–Crippen MR) is 46.6 cm³/mol. The van der Waals surface area contributed by atoms with E-state index in [1.165, 1.54) is 10.7 Å². The number of carbonyl (C=O) groups is 1. The Bertz CT molecular complexity index is 513. The lowest BCUT2D eigenvalue weighted by molar-refractivity contribution is -0.385. The van der Waals surface area contributed by atoms with Crippen molar-refractivity contribution >= 4 is 17.3 Å². The third-order valence-corrected chi connectivity index (χ3v) is 1.84. The van der Waals surface area contributed by atoms with Gasteiger partial charge in [-0.15, -0.1) is 10.2 Å². The Hall–Kier alpha value is -2.51. The van der Waals surface area contributed by atoms with Gasteiger partial charge < -0.3 is 5.11 Å². The minimum atomic E-state index is -1.37. The summed E-state index contributed by atoms with van der Waals surface area (Å²) in [6.07, 6.45) is 2.33. The highest BCUT2D eigenvalue weighted by atomic mass is 16.6. The molecule has 0 saturated heterocycles. The molecule has 0 fully saturated rings. The average Bonchev–Trinajstić information content (AvgIpc) is 2.61. The second-order valence-electron chi connectivity index (χ2n) is 2.73. The monoisotopic (exact) mass is 208 g/mol. The number of nitrogens with zero attached hydrogens (tertiary/aromatic N) is 4. The zero-order chi connectivity index (χ0) is 11.0.